The number of hydrogen-bond donors (Lipinski definition) is 0. The molecule has 0 bridgehead atoms. The van der Waals surface area contributed by atoms with Gasteiger partial charge in [0.1, 0.15) is 12.4 Å². The fraction of sp³-hybridized carbons (Fsp3) is 0.273. The zero-order chi connectivity index (χ0) is 21.0. The molecule has 0 atom stereocenters. The van der Waals surface area contributed by atoms with Crippen LogP contribution in [0.25, 0.3) is 6.08 Å². The minimum Gasteiger partial charge on any atom is -0.490 e. The Morgan fingerprint density at radius 1 is 1.07 bits per heavy atom. The summed E-state index contributed by atoms with van der Waals surface area (Å²) in [6.07, 6.45) is 1.68. The minimum absolute atomic E-state index is 0.186. The van der Waals surface area contributed by atoms with Gasteiger partial charge in [-0.25, -0.2) is 4.39 Å². The summed E-state index contributed by atoms with van der Waals surface area (Å²) < 4.78 is 24.5. The van der Waals surface area contributed by atoms with Crippen molar-refractivity contribution >= 4 is 29.0 Å². The molecule has 0 unspecified atom stereocenters. The van der Waals surface area contributed by atoms with E-state index in [2.05, 4.69) is 0 Å². The summed E-state index contributed by atoms with van der Waals surface area (Å²) in [5, 5.41) is -0.263. The number of nitrogens with zero attached hydrogens (tertiary/aromatic N) is 1. The van der Waals surface area contributed by atoms with E-state index in [4.69, 9.17) is 9.47 Å². The highest BCUT2D eigenvalue weighted by molar-refractivity contribution is 8.18. The van der Waals surface area contributed by atoms with Gasteiger partial charge in [-0.05, 0) is 74.0 Å². The van der Waals surface area contributed by atoms with E-state index in [1.54, 1.807) is 50.3 Å². The number of imide groups is 1. The lowest BCUT2D eigenvalue weighted by Gasteiger charge is -2.16. The van der Waals surface area contributed by atoms with Gasteiger partial charge >= 0.3 is 0 Å². The fourth-order valence-electron chi connectivity index (χ4n) is 2.82. The third-order valence-electron chi connectivity index (χ3n) is 4.21. The minimum atomic E-state index is -0.296. The molecule has 3 rings (SSSR count). The molecule has 1 fully saturated rings. The Morgan fingerprint density at radius 2 is 1.79 bits per heavy atom. The number of benzene rings is 2. The lowest BCUT2D eigenvalue weighted by Crippen LogP contribution is -2.34. The number of amides is 2. The lowest BCUT2D eigenvalue weighted by molar-refractivity contribution is -0.123. The fourth-order valence-corrected chi connectivity index (χ4v) is 3.78. The van der Waals surface area contributed by atoms with Gasteiger partial charge in [-0.3, -0.25) is 14.5 Å². The summed E-state index contributed by atoms with van der Waals surface area (Å²) in [5.74, 6) is 0.495. The zero-order valence-corrected chi connectivity index (χ0v) is 17.3. The molecular formula is C22H22FNO4S. The zero-order valence-electron chi connectivity index (χ0n) is 16.5. The Morgan fingerprint density at radius 3 is 2.41 bits per heavy atom. The van der Waals surface area contributed by atoms with Crippen molar-refractivity contribution in [2.75, 3.05) is 6.61 Å². The molecule has 0 radical (unpaired) electrons. The van der Waals surface area contributed by atoms with Gasteiger partial charge in [0.2, 0.25) is 0 Å². The number of carbonyl (C=O) groups is 2. The summed E-state index contributed by atoms with van der Waals surface area (Å²) in [4.78, 5) is 26.1. The van der Waals surface area contributed by atoms with Gasteiger partial charge in [0.05, 0.1) is 11.5 Å². The van der Waals surface area contributed by atoms with E-state index < -0.39 is 0 Å². The van der Waals surface area contributed by atoms with Crippen molar-refractivity contribution in [1.82, 2.24) is 4.90 Å². The van der Waals surface area contributed by atoms with Crippen molar-refractivity contribution in [2.45, 2.75) is 33.4 Å². The molecule has 2 aromatic carbocycles. The second kappa shape index (κ2) is 9.13. The average Bonchev–Trinajstić information content (AvgIpc) is 2.96. The van der Waals surface area contributed by atoms with Crippen molar-refractivity contribution in [3.8, 4) is 11.5 Å². The van der Waals surface area contributed by atoms with E-state index in [-0.39, 0.29) is 29.6 Å². The van der Waals surface area contributed by atoms with Crippen molar-refractivity contribution in [3.05, 3.63) is 64.3 Å². The van der Waals surface area contributed by atoms with Crippen LogP contribution >= 0.6 is 11.8 Å². The van der Waals surface area contributed by atoms with Crippen LogP contribution in [-0.2, 0) is 11.4 Å². The van der Waals surface area contributed by atoms with Gasteiger partial charge in [0.15, 0.2) is 11.5 Å². The van der Waals surface area contributed by atoms with Gasteiger partial charge in [-0.15, -0.1) is 0 Å². The molecule has 1 heterocycles. The van der Waals surface area contributed by atoms with Crippen LogP contribution in [0.1, 0.15) is 31.9 Å². The average molecular weight is 415 g/mol. The molecule has 5 nitrogen and oxygen atoms in total. The third-order valence-corrected chi connectivity index (χ3v) is 5.10. The van der Waals surface area contributed by atoms with E-state index in [0.717, 1.165) is 22.9 Å². The maximum absolute atomic E-state index is 13.0. The molecule has 7 heteroatoms. The SMILES string of the molecule is CCOc1cc(/C=C2/SC(=O)N(C(C)C)C2=O)ccc1OCc1ccc(F)cc1. The van der Waals surface area contributed by atoms with E-state index in [1.165, 1.54) is 17.0 Å². The van der Waals surface area contributed by atoms with Gasteiger partial charge in [-0.2, -0.15) is 0 Å². The quantitative estimate of drug-likeness (QED) is 0.578. The molecule has 2 aromatic rings. The topological polar surface area (TPSA) is 55.8 Å². The molecule has 1 saturated heterocycles. The number of ether oxygens (including phenoxy) is 2. The highest BCUT2D eigenvalue weighted by Crippen LogP contribution is 2.35. The van der Waals surface area contributed by atoms with Crippen LogP contribution < -0.4 is 9.47 Å². The summed E-state index contributed by atoms with van der Waals surface area (Å²) >= 11 is 0.933. The standard InChI is InChI=1S/C22H22FNO4S/c1-4-27-19-11-16(12-20-21(25)24(14(2)3)22(26)29-20)7-10-18(19)28-13-15-5-8-17(23)9-6-15/h5-12,14H,4,13H2,1-3H3/b20-12+. The van der Waals surface area contributed by atoms with Crippen LogP contribution in [0.4, 0.5) is 9.18 Å². The molecule has 1 aliphatic heterocycles. The molecule has 0 aliphatic carbocycles. The largest absolute Gasteiger partial charge is 0.490 e. The van der Waals surface area contributed by atoms with E-state index in [1.807, 2.05) is 6.92 Å². The second-order valence-electron chi connectivity index (χ2n) is 6.70. The smallest absolute Gasteiger partial charge is 0.293 e. The first kappa shape index (κ1) is 20.9. The first-order valence-corrected chi connectivity index (χ1v) is 10.1. The van der Waals surface area contributed by atoms with E-state index in [9.17, 15) is 14.0 Å². The Kier molecular flexibility index (Phi) is 6.59. The Bertz CT molecular complexity index is 940. The first-order chi connectivity index (χ1) is 13.9. The monoisotopic (exact) mass is 415 g/mol. The molecule has 0 N–H and O–H groups in total. The lowest BCUT2D eigenvalue weighted by atomic mass is 10.1. The number of carbonyl (C=O) groups excluding carboxylic acids is 2. The summed E-state index contributed by atoms with van der Waals surface area (Å²) in [6.45, 7) is 6.19. The predicted octanol–water partition coefficient (Wildman–Crippen LogP) is 5.25. The van der Waals surface area contributed by atoms with Crippen molar-refractivity contribution < 1.29 is 23.5 Å². The first-order valence-electron chi connectivity index (χ1n) is 9.30. The highest BCUT2D eigenvalue weighted by Gasteiger charge is 2.36. The van der Waals surface area contributed by atoms with Gasteiger partial charge in [-0.1, -0.05) is 18.2 Å². The maximum atomic E-state index is 13.0. The normalized spacial score (nSPS) is 15.5. The number of rotatable bonds is 7. The van der Waals surface area contributed by atoms with Crippen molar-refractivity contribution in [2.24, 2.45) is 0 Å². The molecule has 29 heavy (non-hydrogen) atoms. The summed E-state index contributed by atoms with van der Waals surface area (Å²) in [5.41, 5.74) is 1.57. The Labute approximate surface area is 173 Å². The molecule has 0 spiro atoms. The molecular weight excluding hydrogens is 393 g/mol. The Hall–Kier alpha value is -2.80. The number of hydrogen-bond acceptors (Lipinski definition) is 5. The van der Waals surface area contributed by atoms with Crippen LogP contribution in [0, 0.1) is 5.82 Å². The number of halogens is 1. The van der Waals surface area contributed by atoms with Crippen LogP contribution in [-0.4, -0.2) is 28.7 Å². The molecule has 2 amide bonds. The van der Waals surface area contributed by atoms with Gasteiger partial charge < -0.3 is 9.47 Å². The molecule has 152 valence electrons. The summed E-state index contributed by atoms with van der Waals surface area (Å²) in [7, 11) is 0. The van der Waals surface area contributed by atoms with Gasteiger partial charge in [0.25, 0.3) is 11.1 Å². The molecule has 0 saturated carbocycles. The summed E-state index contributed by atoms with van der Waals surface area (Å²) in [6, 6.07) is 11.2. The second-order valence-corrected chi connectivity index (χ2v) is 7.69. The van der Waals surface area contributed by atoms with E-state index in [0.29, 0.717) is 23.0 Å². The van der Waals surface area contributed by atoms with Crippen LogP contribution in [0.5, 0.6) is 11.5 Å². The predicted molar refractivity (Wildman–Crippen MR) is 111 cm³/mol. The van der Waals surface area contributed by atoms with Crippen LogP contribution in [0.3, 0.4) is 0 Å². The Balaban J connectivity index is 1.79. The highest BCUT2D eigenvalue weighted by atomic mass is 32.2. The number of thioether (sulfide) groups is 1. The van der Waals surface area contributed by atoms with Crippen molar-refractivity contribution in [3.63, 3.8) is 0 Å². The van der Waals surface area contributed by atoms with E-state index >= 15 is 0 Å². The van der Waals surface area contributed by atoms with Crippen molar-refractivity contribution in [1.29, 1.82) is 0 Å². The third kappa shape index (κ3) is 4.98. The maximum Gasteiger partial charge on any atom is 0.293 e. The molecule has 1 aliphatic rings. The van der Waals surface area contributed by atoms with Gasteiger partial charge in [0, 0.05) is 6.04 Å². The van der Waals surface area contributed by atoms with Crippen LogP contribution in [0.2, 0.25) is 0 Å². The van der Waals surface area contributed by atoms with Crippen LogP contribution in [0.15, 0.2) is 47.4 Å². The molecule has 0 aromatic heterocycles.